The van der Waals surface area contributed by atoms with Crippen LogP contribution in [0.4, 0.5) is 5.69 Å². The van der Waals surface area contributed by atoms with Crippen LogP contribution < -0.4 is 10.5 Å². The number of benzene rings is 1. The third-order valence-corrected chi connectivity index (χ3v) is 3.94. The number of ether oxygens (including phenoxy) is 1. The van der Waals surface area contributed by atoms with Crippen molar-refractivity contribution in [1.82, 2.24) is 4.72 Å². The van der Waals surface area contributed by atoms with E-state index in [9.17, 15) is 13.5 Å². The van der Waals surface area contributed by atoms with Gasteiger partial charge in [0.1, 0.15) is 0 Å². The Morgan fingerprint density at radius 1 is 1.50 bits per heavy atom. The number of nitrogens with two attached hydrogens (primary N) is 1. The number of hydrogen-bond acceptors (Lipinski definition) is 5. The molecular formula is C11H18N2O4S. The van der Waals surface area contributed by atoms with Crippen LogP contribution in [-0.4, -0.2) is 39.9 Å². The van der Waals surface area contributed by atoms with E-state index in [1.807, 2.05) is 0 Å². The van der Waals surface area contributed by atoms with E-state index in [4.69, 9.17) is 10.5 Å². The summed E-state index contributed by atoms with van der Waals surface area (Å²) in [5.74, 6) is 0. The number of aryl methyl sites for hydroxylation is 1. The van der Waals surface area contributed by atoms with Crippen molar-refractivity contribution in [3.8, 4) is 0 Å². The highest BCUT2D eigenvalue weighted by molar-refractivity contribution is 7.89. The van der Waals surface area contributed by atoms with Crippen molar-refractivity contribution in [1.29, 1.82) is 0 Å². The van der Waals surface area contributed by atoms with E-state index < -0.39 is 16.1 Å². The predicted octanol–water partition coefficient (Wildman–Crippen LogP) is -0.137. The van der Waals surface area contributed by atoms with Crippen LogP contribution in [0.5, 0.6) is 0 Å². The van der Waals surface area contributed by atoms with E-state index >= 15 is 0 Å². The lowest BCUT2D eigenvalue weighted by Gasteiger charge is -2.13. The summed E-state index contributed by atoms with van der Waals surface area (Å²) in [7, 11) is -2.24. The zero-order valence-electron chi connectivity index (χ0n) is 10.4. The summed E-state index contributed by atoms with van der Waals surface area (Å²) in [6.45, 7) is 1.64. The van der Waals surface area contributed by atoms with Gasteiger partial charge in [-0.15, -0.1) is 0 Å². The Morgan fingerprint density at radius 2 is 2.17 bits per heavy atom. The van der Waals surface area contributed by atoms with E-state index in [-0.39, 0.29) is 18.0 Å². The van der Waals surface area contributed by atoms with Crippen LogP contribution in [0.2, 0.25) is 0 Å². The number of nitrogen functional groups attached to an aromatic ring is 1. The molecule has 0 fully saturated rings. The van der Waals surface area contributed by atoms with Crippen molar-refractivity contribution >= 4 is 15.7 Å². The molecule has 102 valence electrons. The Morgan fingerprint density at radius 3 is 2.78 bits per heavy atom. The second-order valence-electron chi connectivity index (χ2n) is 3.99. The first-order valence-electron chi connectivity index (χ1n) is 5.39. The highest BCUT2D eigenvalue weighted by Gasteiger charge is 2.18. The maximum atomic E-state index is 12.0. The van der Waals surface area contributed by atoms with E-state index in [1.54, 1.807) is 19.1 Å². The van der Waals surface area contributed by atoms with Crippen molar-refractivity contribution in [2.45, 2.75) is 17.9 Å². The smallest absolute Gasteiger partial charge is 0.240 e. The molecule has 1 rings (SSSR count). The van der Waals surface area contributed by atoms with Gasteiger partial charge in [-0.3, -0.25) is 0 Å². The average Bonchev–Trinajstić information content (AvgIpc) is 2.30. The molecule has 0 saturated heterocycles. The Labute approximate surface area is 107 Å². The van der Waals surface area contributed by atoms with Crippen molar-refractivity contribution in [3.63, 3.8) is 0 Å². The van der Waals surface area contributed by atoms with Gasteiger partial charge in [0.15, 0.2) is 0 Å². The number of anilines is 1. The van der Waals surface area contributed by atoms with Crippen LogP contribution >= 0.6 is 0 Å². The van der Waals surface area contributed by atoms with Gasteiger partial charge in [0.25, 0.3) is 0 Å². The van der Waals surface area contributed by atoms with Gasteiger partial charge in [0, 0.05) is 19.3 Å². The van der Waals surface area contributed by atoms with Gasteiger partial charge in [-0.05, 0) is 24.6 Å². The zero-order chi connectivity index (χ0) is 13.8. The largest absolute Gasteiger partial charge is 0.399 e. The minimum atomic E-state index is -3.67. The van der Waals surface area contributed by atoms with Gasteiger partial charge in [-0.2, -0.15) is 0 Å². The molecule has 1 atom stereocenters. The van der Waals surface area contributed by atoms with Crippen LogP contribution in [0.25, 0.3) is 0 Å². The molecule has 1 aromatic rings. The highest BCUT2D eigenvalue weighted by atomic mass is 32.2. The lowest BCUT2D eigenvalue weighted by atomic mass is 10.2. The molecule has 0 saturated carbocycles. The minimum Gasteiger partial charge on any atom is -0.399 e. The van der Waals surface area contributed by atoms with Crippen molar-refractivity contribution in [2.24, 2.45) is 0 Å². The van der Waals surface area contributed by atoms with Crippen molar-refractivity contribution < 1.29 is 18.3 Å². The minimum absolute atomic E-state index is 0.0679. The molecular weight excluding hydrogens is 256 g/mol. The monoisotopic (exact) mass is 274 g/mol. The first-order valence-corrected chi connectivity index (χ1v) is 6.88. The van der Waals surface area contributed by atoms with Gasteiger partial charge < -0.3 is 15.6 Å². The molecule has 7 heteroatoms. The number of rotatable bonds is 6. The van der Waals surface area contributed by atoms with Crippen LogP contribution in [-0.2, 0) is 14.8 Å². The van der Waals surface area contributed by atoms with Gasteiger partial charge in [-0.1, -0.05) is 6.07 Å². The fourth-order valence-corrected chi connectivity index (χ4v) is 2.79. The zero-order valence-corrected chi connectivity index (χ0v) is 11.2. The molecule has 0 aliphatic rings. The second-order valence-corrected chi connectivity index (χ2v) is 5.72. The number of methoxy groups -OCH3 is 1. The maximum absolute atomic E-state index is 12.0. The lowest BCUT2D eigenvalue weighted by molar-refractivity contribution is 0.0679. The Kier molecular flexibility index (Phi) is 5.09. The van der Waals surface area contributed by atoms with Gasteiger partial charge >= 0.3 is 0 Å². The number of hydrogen-bond donors (Lipinski definition) is 3. The topological polar surface area (TPSA) is 102 Å². The van der Waals surface area contributed by atoms with Crippen LogP contribution in [0, 0.1) is 6.92 Å². The summed E-state index contributed by atoms with van der Waals surface area (Å²) in [4.78, 5) is 0.118. The molecule has 6 nitrogen and oxygen atoms in total. The first kappa shape index (κ1) is 14.9. The molecule has 1 unspecified atom stereocenters. The third kappa shape index (κ3) is 3.95. The van der Waals surface area contributed by atoms with Crippen LogP contribution in [0.3, 0.4) is 0 Å². The number of aliphatic hydroxyl groups is 1. The second kappa shape index (κ2) is 6.14. The summed E-state index contributed by atoms with van der Waals surface area (Å²) < 4.78 is 31.0. The first-order chi connectivity index (χ1) is 8.36. The standard InChI is InChI=1S/C11H18N2O4S/c1-8-3-4-9(12)5-11(8)18(15,16)13-6-10(14)7-17-2/h3-5,10,13-14H,6-7,12H2,1-2H3. The van der Waals surface area contributed by atoms with E-state index in [0.29, 0.717) is 11.3 Å². The number of sulfonamides is 1. The number of aliphatic hydroxyl groups excluding tert-OH is 1. The number of nitrogens with one attached hydrogen (secondary N) is 1. The lowest BCUT2D eigenvalue weighted by Crippen LogP contribution is -2.34. The molecule has 0 spiro atoms. The fraction of sp³-hybridized carbons (Fsp3) is 0.455. The molecule has 0 heterocycles. The van der Waals surface area contributed by atoms with E-state index in [1.165, 1.54) is 13.2 Å². The van der Waals surface area contributed by atoms with Gasteiger partial charge in [0.05, 0.1) is 17.6 Å². The molecule has 0 radical (unpaired) electrons. The summed E-state index contributed by atoms with van der Waals surface area (Å²) in [6.07, 6.45) is -0.883. The normalized spacial score (nSPS) is 13.5. The summed E-state index contributed by atoms with van der Waals surface area (Å²) >= 11 is 0. The Balaban J connectivity index is 2.83. The maximum Gasteiger partial charge on any atom is 0.240 e. The van der Waals surface area contributed by atoms with Crippen molar-refractivity contribution in [2.75, 3.05) is 26.0 Å². The van der Waals surface area contributed by atoms with Gasteiger partial charge in [0.2, 0.25) is 10.0 Å². The molecule has 4 N–H and O–H groups in total. The molecule has 0 aromatic heterocycles. The van der Waals surface area contributed by atoms with Gasteiger partial charge in [-0.25, -0.2) is 13.1 Å². The SMILES string of the molecule is COCC(O)CNS(=O)(=O)c1cc(N)ccc1C. The highest BCUT2D eigenvalue weighted by Crippen LogP contribution is 2.17. The molecule has 1 aromatic carbocycles. The summed E-state index contributed by atoms with van der Waals surface area (Å²) in [5, 5.41) is 9.41. The molecule has 0 aliphatic heterocycles. The van der Waals surface area contributed by atoms with Crippen LogP contribution in [0.15, 0.2) is 23.1 Å². The van der Waals surface area contributed by atoms with E-state index in [2.05, 4.69) is 4.72 Å². The Bertz CT molecular complexity index is 502. The predicted molar refractivity (Wildman–Crippen MR) is 68.7 cm³/mol. The molecule has 0 amide bonds. The molecule has 0 aliphatic carbocycles. The quantitative estimate of drug-likeness (QED) is 0.627. The summed E-state index contributed by atoms with van der Waals surface area (Å²) in [5.41, 5.74) is 6.54. The van der Waals surface area contributed by atoms with Crippen LogP contribution in [0.1, 0.15) is 5.56 Å². The van der Waals surface area contributed by atoms with E-state index in [0.717, 1.165) is 0 Å². The third-order valence-electron chi connectivity index (χ3n) is 2.37. The molecule has 0 bridgehead atoms. The molecule has 18 heavy (non-hydrogen) atoms. The summed E-state index contributed by atoms with van der Waals surface area (Å²) in [6, 6.07) is 4.66. The average molecular weight is 274 g/mol. The fourth-order valence-electron chi connectivity index (χ4n) is 1.44. The van der Waals surface area contributed by atoms with Crippen molar-refractivity contribution in [3.05, 3.63) is 23.8 Å². The Hall–Kier alpha value is -1.15.